The van der Waals surface area contributed by atoms with Crippen LogP contribution in [0.2, 0.25) is 0 Å². The number of rotatable bonds is 6. The molecule has 2 aromatic rings. The van der Waals surface area contributed by atoms with E-state index in [0.29, 0.717) is 13.0 Å². The van der Waals surface area contributed by atoms with Crippen molar-refractivity contribution in [2.45, 2.75) is 12.8 Å². The molecule has 0 aliphatic carbocycles. The molecule has 0 spiro atoms. The number of nitrogens with one attached hydrogen (secondary N) is 2. The fraction of sp³-hybridized carbons (Fsp3) is 0.286. The van der Waals surface area contributed by atoms with Crippen LogP contribution in [0.3, 0.4) is 0 Å². The SMILES string of the molecule is C#CCCS(=O)(=O)NCCc1c[nH]c2ccccc12. The summed E-state index contributed by atoms with van der Waals surface area (Å²) >= 11 is 0. The van der Waals surface area contributed by atoms with Gasteiger partial charge in [0.2, 0.25) is 10.0 Å². The Hall–Kier alpha value is -1.77. The zero-order chi connectivity index (χ0) is 13.7. The molecule has 1 heterocycles. The van der Waals surface area contributed by atoms with Crippen LogP contribution in [0, 0.1) is 12.3 Å². The summed E-state index contributed by atoms with van der Waals surface area (Å²) in [6.07, 6.45) is 7.87. The van der Waals surface area contributed by atoms with Crippen LogP contribution in [0.15, 0.2) is 30.5 Å². The average Bonchev–Trinajstić information content (AvgIpc) is 2.80. The second-order valence-corrected chi connectivity index (χ2v) is 6.20. The van der Waals surface area contributed by atoms with Gasteiger partial charge in [-0.1, -0.05) is 18.2 Å². The van der Waals surface area contributed by atoms with Crippen LogP contribution in [-0.2, 0) is 16.4 Å². The molecule has 0 atom stereocenters. The van der Waals surface area contributed by atoms with E-state index < -0.39 is 10.0 Å². The van der Waals surface area contributed by atoms with Crippen LogP contribution in [0.25, 0.3) is 10.9 Å². The maximum absolute atomic E-state index is 11.6. The molecule has 0 aliphatic rings. The van der Waals surface area contributed by atoms with Crippen LogP contribution >= 0.6 is 0 Å². The number of aromatic amines is 1. The second-order valence-electron chi connectivity index (χ2n) is 4.28. The molecule has 1 aromatic heterocycles. The lowest BCUT2D eigenvalue weighted by Crippen LogP contribution is -2.28. The van der Waals surface area contributed by atoms with E-state index in [1.54, 1.807) is 0 Å². The maximum atomic E-state index is 11.6. The molecule has 0 saturated heterocycles. The molecular formula is C14H16N2O2S. The van der Waals surface area contributed by atoms with E-state index in [2.05, 4.69) is 15.6 Å². The Labute approximate surface area is 113 Å². The van der Waals surface area contributed by atoms with E-state index in [4.69, 9.17) is 6.42 Å². The van der Waals surface area contributed by atoms with E-state index >= 15 is 0 Å². The Balaban J connectivity index is 1.95. The van der Waals surface area contributed by atoms with Crippen LogP contribution in [-0.4, -0.2) is 25.7 Å². The lowest BCUT2D eigenvalue weighted by molar-refractivity contribution is 0.581. The molecule has 2 N–H and O–H groups in total. The third-order valence-electron chi connectivity index (χ3n) is 2.91. The van der Waals surface area contributed by atoms with Gasteiger partial charge >= 0.3 is 0 Å². The zero-order valence-electron chi connectivity index (χ0n) is 10.5. The Morgan fingerprint density at radius 3 is 2.89 bits per heavy atom. The molecule has 0 radical (unpaired) electrons. The van der Waals surface area contributed by atoms with E-state index in [1.165, 1.54) is 0 Å². The Bertz CT molecular complexity index is 696. The highest BCUT2D eigenvalue weighted by molar-refractivity contribution is 7.89. The normalized spacial score (nSPS) is 11.5. The molecule has 5 heteroatoms. The van der Waals surface area contributed by atoms with Gasteiger partial charge in [-0.2, -0.15) is 0 Å². The minimum Gasteiger partial charge on any atom is -0.361 e. The van der Waals surface area contributed by atoms with Crippen molar-refractivity contribution in [2.24, 2.45) is 0 Å². The van der Waals surface area contributed by atoms with Gasteiger partial charge in [0.05, 0.1) is 5.75 Å². The van der Waals surface area contributed by atoms with Gasteiger partial charge in [0.15, 0.2) is 0 Å². The maximum Gasteiger partial charge on any atom is 0.212 e. The lowest BCUT2D eigenvalue weighted by atomic mass is 10.1. The first-order valence-electron chi connectivity index (χ1n) is 6.08. The molecular weight excluding hydrogens is 260 g/mol. The van der Waals surface area contributed by atoms with Crippen molar-refractivity contribution in [1.29, 1.82) is 0 Å². The third kappa shape index (κ3) is 3.60. The first-order chi connectivity index (χ1) is 9.12. The van der Waals surface area contributed by atoms with E-state index in [-0.39, 0.29) is 12.2 Å². The number of H-pyrrole nitrogens is 1. The van der Waals surface area contributed by atoms with Gasteiger partial charge in [0.25, 0.3) is 0 Å². The van der Waals surface area contributed by atoms with Gasteiger partial charge in [-0.15, -0.1) is 12.3 Å². The van der Waals surface area contributed by atoms with Gasteiger partial charge in [0.1, 0.15) is 0 Å². The summed E-state index contributed by atoms with van der Waals surface area (Å²) < 4.78 is 25.7. The molecule has 1 aromatic carbocycles. The third-order valence-corrected chi connectivity index (χ3v) is 4.29. The van der Waals surface area contributed by atoms with Crippen molar-refractivity contribution >= 4 is 20.9 Å². The molecule has 0 unspecified atom stereocenters. The fourth-order valence-corrected chi connectivity index (χ4v) is 2.89. The summed E-state index contributed by atoms with van der Waals surface area (Å²) in [6.45, 7) is 0.384. The van der Waals surface area contributed by atoms with E-state index in [9.17, 15) is 8.42 Å². The van der Waals surface area contributed by atoms with E-state index in [0.717, 1.165) is 16.5 Å². The first-order valence-corrected chi connectivity index (χ1v) is 7.73. The monoisotopic (exact) mass is 276 g/mol. The quantitative estimate of drug-likeness (QED) is 0.788. The van der Waals surface area contributed by atoms with Crippen LogP contribution in [0.1, 0.15) is 12.0 Å². The average molecular weight is 276 g/mol. The smallest absolute Gasteiger partial charge is 0.212 e. The van der Waals surface area contributed by atoms with E-state index in [1.807, 2.05) is 30.5 Å². The number of fused-ring (bicyclic) bond motifs is 1. The van der Waals surface area contributed by atoms with Crippen molar-refractivity contribution in [1.82, 2.24) is 9.71 Å². The van der Waals surface area contributed by atoms with Gasteiger partial charge < -0.3 is 4.98 Å². The largest absolute Gasteiger partial charge is 0.361 e. The van der Waals surface area contributed by atoms with Gasteiger partial charge in [-0.25, -0.2) is 13.1 Å². The summed E-state index contributed by atoms with van der Waals surface area (Å²) in [4.78, 5) is 3.17. The van der Waals surface area contributed by atoms with Crippen molar-refractivity contribution in [3.05, 3.63) is 36.0 Å². The Kier molecular flexibility index (Phi) is 4.25. The van der Waals surface area contributed by atoms with Crippen LogP contribution < -0.4 is 4.72 Å². The topological polar surface area (TPSA) is 62.0 Å². The lowest BCUT2D eigenvalue weighted by Gasteiger charge is -2.04. The fourth-order valence-electron chi connectivity index (χ4n) is 1.95. The van der Waals surface area contributed by atoms with Crippen molar-refractivity contribution in [3.8, 4) is 12.3 Å². The highest BCUT2D eigenvalue weighted by Gasteiger charge is 2.09. The standard InChI is InChI=1S/C14H16N2O2S/c1-2-3-10-19(17,18)16-9-8-12-11-15-14-7-5-4-6-13(12)14/h1,4-7,11,15-16H,3,8-10H2. The minimum absolute atomic E-state index is 0.0165. The molecule has 0 fully saturated rings. The number of sulfonamides is 1. The predicted octanol–water partition coefficient (Wildman–Crippen LogP) is 1.65. The molecule has 0 saturated carbocycles. The highest BCUT2D eigenvalue weighted by Crippen LogP contribution is 2.17. The second kappa shape index (κ2) is 5.91. The number of para-hydroxylation sites is 1. The van der Waals surface area contributed by atoms with Crippen LogP contribution in [0.5, 0.6) is 0 Å². The molecule has 0 bridgehead atoms. The molecule has 100 valence electrons. The zero-order valence-corrected chi connectivity index (χ0v) is 11.3. The first kappa shape index (κ1) is 13.7. The van der Waals surface area contributed by atoms with Crippen molar-refractivity contribution in [3.63, 3.8) is 0 Å². The molecule has 2 rings (SSSR count). The van der Waals surface area contributed by atoms with Crippen molar-refractivity contribution < 1.29 is 8.42 Å². The number of hydrogen-bond donors (Lipinski definition) is 2. The Morgan fingerprint density at radius 1 is 1.32 bits per heavy atom. The number of benzene rings is 1. The van der Waals surface area contributed by atoms with Gasteiger partial charge in [0, 0.05) is 30.1 Å². The number of terminal acetylenes is 1. The Morgan fingerprint density at radius 2 is 2.11 bits per heavy atom. The summed E-state index contributed by atoms with van der Waals surface area (Å²) in [7, 11) is -3.25. The molecule has 0 aliphatic heterocycles. The number of aromatic nitrogens is 1. The highest BCUT2D eigenvalue weighted by atomic mass is 32.2. The minimum atomic E-state index is -3.25. The van der Waals surface area contributed by atoms with Gasteiger partial charge in [-0.3, -0.25) is 0 Å². The summed E-state index contributed by atoms with van der Waals surface area (Å²) in [5.74, 6) is 2.31. The molecule has 0 amide bonds. The van der Waals surface area contributed by atoms with Crippen molar-refractivity contribution in [2.75, 3.05) is 12.3 Å². The molecule has 19 heavy (non-hydrogen) atoms. The molecule has 4 nitrogen and oxygen atoms in total. The predicted molar refractivity (Wildman–Crippen MR) is 77.2 cm³/mol. The summed E-state index contributed by atoms with van der Waals surface area (Å²) in [5.41, 5.74) is 2.17. The van der Waals surface area contributed by atoms with Gasteiger partial charge in [-0.05, 0) is 18.1 Å². The van der Waals surface area contributed by atoms with Crippen LogP contribution in [0.4, 0.5) is 0 Å². The summed E-state index contributed by atoms with van der Waals surface area (Å²) in [5, 5.41) is 1.13. The number of hydrogen-bond acceptors (Lipinski definition) is 2. The summed E-state index contributed by atoms with van der Waals surface area (Å²) in [6, 6.07) is 7.95.